The molecule has 0 radical (unpaired) electrons. The molecule has 2 aromatic heterocycles. The number of nitrogens with zero attached hydrogens (tertiary/aromatic N) is 1. The molecule has 0 aliphatic rings. The number of unbranched alkanes of at least 4 members (excludes halogenated alkanes) is 1. The smallest absolute Gasteiger partial charge is 0.191 e. The predicted molar refractivity (Wildman–Crippen MR) is 114 cm³/mol. The van der Waals surface area contributed by atoms with Gasteiger partial charge in [0.25, 0.3) is 0 Å². The molecule has 6 nitrogen and oxygen atoms in total. The first-order valence-corrected chi connectivity index (χ1v) is 8.85. The molecule has 7 heteroatoms. The molecule has 146 valence electrons. The van der Waals surface area contributed by atoms with Gasteiger partial charge in [-0.05, 0) is 44.5 Å². The molecule has 0 aromatic carbocycles. The zero-order valence-corrected chi connectivity index (χ0v) is 18.1. The topological polar surface area (TPSA) is 82.9 Å². The van der Waals surface area contributed by atoms with Crippen molar-refractivity contribution in [3.63, 3.8) is 0 Å². The standard InChI is InChI=1S/C19H29N3O3.HI/c1-4-5-11-20-18(21-12-10-16-7-6-13-24-16)22-14-19(3,23)17-9-8-15(2)25-17;/h6-9,13,23H,4-5,10-12,14H2,1-3H3,(H2,20,21,22);1H. The van der Waals surface area contributed by atoms with Gasteiger partial charge in [0.15, 0.2) is 5.96 Å². The van der Waals surface area contributed by atoms with Crippen LogP contribution in [0.1, 0.15) is 44.0 Å². The molecular formula is C19H30IN3O3. The molecule has 26 heavy (non-hydrogen) atoms. The Morgan fingerprint density at radius 3 is 2.62 bits per heavy atom. The Bertz CT molecular complexity index is 651. The van der Waals surface area contributed by atoms with Crippen molar-refractivity contribution >= 4 is 29.9 Å². The number of furan rings is 2. The highest BCUT2D eigenvalue weighted by atomic mass is 127. The third-order valence-electron chi connectivity index (χ3n) is 3.88. The molecule has 2 heterocycles. The zero-order chi connectivity index (χ0) is 18.1. The summed E-state index contributed by atoms with van der Waals surface area (Å²) in [5.74, 6) is 2.91. The van der Waals surface area contributed by atoms with Gasteiger partial charge in [-0.2, -0.15) is 0 Å². The van der Waals surface area contributed by atoms with Crippen LogP contribution in [0.3, 0.4) is 0 Å². The van der Waals surface area contributed by atoms with Gasteiger partial charge in [-0.1, -0.05) is 13.3 Å². The van der Waals surface area contributed by atoms with E-state index in [1.54, 1.807) is 19.3 Å². The van der Waals surface area contributed by atoms with E-state index in [1.807, 2.05) is 25.1 Å². The van der Waals surface area contributed by atoms with Crippen molar-refractivity contribution in [1.82, 2.24) is 10.6 Å². The maximum Gasteiger partial charge on any atom is 0.191 e. The summed E-state index contributed by atoms with van der Waals surface area (Å²) in [6.45, 7) is 7.46. The highest BCUT2D eigenvalue weighted by Crippen LogP contribution is 2.23. The molecule has 0 amide bonds. The van der Waals surface area contributed by atoms with E-state index in [0.29, 0.717) is 18.3 Å². The third-order valence-corrected chi connectivity index (χ3v) is 3.88. The molecule has 2 aromatic rings. The van der Waals surface area contributed by atoms with E-state index in [1.165, 1.54) is 0 Å². The zero-order valence-electron chi connectivity index (χ0n) is 15.7. The van der Waals surface area contributed by atoms with Gasteiger partial charge in [-0.3, -0.25) is 0 Å². The molecule has 0 aliphatic carbocycles. The second-order valence-corrected chi connectivity index (χ2v) is 6.39. The highest BCUT2D eigenvalue weighted by molar-refractivity contribution is 14.0. The van der Waals surface area contributed by atoms with E-state index < -0.39 is 5.60 Å². The summed E-state index contributed by atoms with van der Waals surface area (Å²) in [6.07, 6.45) is 4.62. The van der Waals surface area contributed by atoms with Gasteiger partial charge < -0.3 is 24.6 Å². The average Bonchev–Trinajstić information content (AvgIpc) is 3.24. The number of rotatable bonds is 9. The third kappa shape index (κ3) is 7.41. The van der Waals surface area contributed by atoms with E-state index in [4.69, 9.17) is 8.83 Å². The van der Waals surface area contributed by atoms with Gasteiger partial charge in [0.05, 0.1) is 12.8 Å². The fourth-order valence-corrected chi connectivity index (χ4v) is 2.35. The maximum atomic E-state index is 10.6. The molecule has 0 fully saturated rings. The lowest BCUT2D eigenvalue weighted by Gasteiger charge is -2.20. The number of halogens is 1. The number of aryl methyl sites for hydroxylation is 1. The maximum absolute atomic E-state index is 10.6. The molecule has 2 rings (SSSR count). The fraction of sp³-hybridized carbons (Fsp3) is 0.526. The summed E-state index contributed by atoms with van der Waals surface area (Å²) in [6, 6.07) is 7.47. The number of aliphatic imine (C=N–C) groups is 1. The van der Waals surface area contributed by atoms with Crippen molar-refractivity contribution in [2.45, 2.75) is 45.6 Å². The van der Waals surface area contributed by atoms with Gasteiger partial charge >= 0.3 is 0 Å². The Balaban J connectivity index is 0.00000338. The Labute approximate surface area is 172 Å². The van der Waals surface area contributed by atoms with Crippen molar-refractivity contribution in [2.24, 2.45) is 4.99 Å². The first kappa shape index (κ1) is 22.6. The largest absolute Gasteiger partial charge is 0.469 e. The van der Waals surface area contributed by atoms with E-state index in [2.05, 4.69) is 22.5 Å². The van der Waals surface area contributed by atoms with Gasteiger partial charge in [0, 0.05) is 19.5 Å². The van der Waals surface area contributed by atoms with Crippen LogP contribution in [0, 0.1) is 6.92 Å². The lowest BCUT2D eigenvalue weighted by Crippen LogP contribution is -2.40. The molecule has 0 saturated carbocycles. The monoisotopic (exact) mass is 475 g/mol. The van der Waals surface area contributed by atoms with Crippen LogP contribution < -0.4 is 10.6 Å². The molecule has 0 saturated heterocycles. The number of guanidine groups is 1. The predicted octanol–water partition coefficient (Wildman–Crippen LogP) is 3.58. The number of nitrogens with one attached hydrogen (secondary N) is 2. The van der Waals surface area contributed by atoms with Gasteiger partial charge in [-0.25, -0.2) is 4.99 Å². The Morgan fingerprint density at radius 1 is 1.23 bits per heavy atom. The lowest BCUT2D eigenvalue weighted by atomic mass is 10.0. The van der Waals surface area contributed by atoms with Crippen LogP contribution in [0.2, 0.25) is 0 Å². The summed E-state index contributed by atoms with van der Waals surface area (Å²) in [7, 11) is 0. The first-order chi connectivity index (χ1) is 12.0. The number of hydrogen-bond donors (Lipinski definition) is 3. The Morgan fingerprint density at radius 2 is 2.00 bits per heavy atom. The van der Waals surface area contributed by atoms with Crippen molar-refractivity contribution in [2.75, 3.05) is 19.6 Å². The minimum atomic E-state index is -1.14. The molecular weight excluding hydrogens is 445 g/mol. The van der Waals surface area contributed by atoms with E-state index in [0.717, 1.165) is 37.3 Å². The summed E-state index contributed by atoms with van der Waals surface area (Å²) >= 11 is 0. The molecule has 0 aliphatic heterocycles. The minimum Gasteiger partial charge on any atom is -0.469 e. The van der Waals surface area contributed by atoms with E-state index >= 15 is 0 Å². The van der Waals surface area contributed by atoms with Crippen molar-refractivity contribution in [1.29, 1.82) is 0 Å². The first-order valence-electron chi connectivity index (χ1n) is 8.85. The lowest BCUT2D eigenvalue weighted by molar-refractivity contribution is 0.0428. The number of aliphatic hydroxyl groups is 1. The van der Waals surface area contributed by atoms with Crippen LogP contribution in [0.25, 0.3) is 0 Å². The fourth-order valence-electron chi connectivity index (χ4n) is 2.35. The van der Waals surface area contributed by atoms with Gasteiger partial charge in [0.1, 0.15) is 22.9 Å². The highest BCUT2D eigenvalue weighted by Gasteiger charge is 2.26. The van der Waals surface area contributed by atoms with Crippen molar-refractivity contribution in [3.8, 4) is 0 Å². The second kappa shape index (κ2) is 11.3. The molecule has 3 N–H and O–H groups in total. The average molecular weight is 475 g/mol. The molecule has 0 bridgehead atoms. The van der Waals surface area contributed by atoms with Gasteiger partial charge in [-0.15, -0.1) is 24.0 Å². The quantitative estimate of drug-likeness (QED) is 0.224. The Hall–Kier alpha value is -1.48. The SMILES string of the molecule is CCCCNC(=NCC(C)(O)c1ccc(C)o1)NCCc1ccco1.I. The van der Waals surface area contributed by atoms with Crippen LogP contribution in [0.5, 0.6) is 0 Å². The summed E-state index contributed by atoms with van der Waals surface area (Å²) in [5.41, 5.74) is -1.14. The van der Waals surface area contributed by atoms with Crippen molar-refractivity contribution in [3.05, 3.63) is 47.8 Å². The molecule has 1 atom stereocenters. The number of hydrogen-bond acceptors (Lipinski definition) is 4. The van der Waals surface area contributed by atoms with Crippen LogP contribution in [0.4, 0.5) is 0 Å². The Kier molecular flexibility index (Phi) is 9.79. The summed E-state index contributed by atoms with van der Waals surface area (Å²) in [4.78, 5) is 4.53. The molecule has 0 spiro atoms. The van der Waals surface area contributed by atoms with E-state index in [9.17, 15) is 5.11 Å². The van der Waals surface area contributed by atoms with Crippen LogP contribution in [-0.4, -0.2) is 30.7 Å². The van der Waals surface area contributed by atoms with Crippen LogP contribution >= 0.6 is 24.0 Å². The summed E-state index contributed by atoms with van der Waals surface area (Å²) < 4.78 is 10.9. The van der Waals surface area contributed by atoms with Gasteiger partial charge in [0.2, 0.25) is 0 Å². The van der Waals surface area contributed by atoms with Crippen LogP contribution in [0.15, 0.2) is 44.4 Å². The summed E-state index contributed by atoms with van der Waals surface area (Å²) in [5, 5.41) is 17.2. The normalized spacial score (nSPS) is 13.8. The van der Waals surface area contributed by atoms with Crippen molar-refractivity contribution < 1.29 is 13.9 Å². The second-order valence-electron chi connectivity index (χ2n) is 6.39. The van der Waals surface area contributed by atoms with Crippen LogP contribution in [-0.2, 0) is 12.0 Å². The molecule has 1 unspecified atom stereocenters. The van der Waals surface area contributed by atoms with E-state index in [-0.39, 0.29) is 30.5 Å². The minimum absolute atomic E-state index is 0.